The van der Waals surface area contributed by atoms with Crippen LogP contribution in [0.2, 0.25) is 0 Å². The van der Waals surface area contributed by atoms with Crippen LogP contribution in [-0.2, 0) is 4.79 Å². The number of amides is 1. The Bertz CT molecular complexity index is 218. The summed E-state index contributed by atoms with van der Waals surface area (Å²) in [7, 11) is 0. The highest BCUT2D eigenvalue weighted by atomic mass is 16.2. The van der Waals surface area contributed by atoms with E-state index in [1.165, 1.54) is 38.5 Å². The van der Waals surface area contributed by atoms with Crippen molar-refractivity contribution in [1.29, 1.82) is 0 Å². The van der Waals surface area contributed by atoms with E-state index >= 15 is 0 Å². The SMILES string of the molecule is CC(NC1CCCC1)C(=O)N1CCCC1. The van der Waals surface area contributed by atoms with Crippen LogP contribution in [0.3, 0.4) is 0 Å². The number of nitrogens with one attached hydrogen (secondary N) is 1. The molecule has 1 N–H and O–H groups in total. The topological polar surface area (TPSA) is 32.3 Å². The molecule has 1 unspecified atom stereocenters. The van der Waals surface area contributed by atoms with E-state index in [-0.39, 0.29) is 6.04 Å². The molecule has 0 bridgehead atoms. The van der Waals surface area contributed by atoms with Gasteiger partial charge in [-0.2, -0.15) is 0 Å². The molecule has 0 aromatic heterocycles. The fourth-order valence-corrected chi connectivity index (χ4v) is 2.73. The highest BCUT2D eigenvalue weighted by molar-refractivity contribution is 5.81. The maximum atomic E-state index is 12.0. The molecule has 1 atom stereocenters. The predicted octanol–water partition coefficient (Wildman–Crippen LogP) is 1.53. The second kappa shape index (κ2) is 4.97. The Balaban J connectivity index is 1.78. The minimum Gasteiger partial charge on any atom is -0.341 e. The molecule has 1 aliphatic carbocycles. The number of nitrogens with zero attached hydrogens (tertiary/aromatic N) is 1. The van der Waals surface area contributed by atoms with E-state index in [0.717, 1.165) is 13.1 Å². The van der Waals surface area contributed by atoms with E-state index < -0.39 is 0 Å². The van der Waals surface area contributed by atoms with Crippen molar-refractivity contribution in [3.63, 3.8) is 0 Å². The average Bonchev–Trinajstić information content (AvgIpc) is 2.88. The van der Waals surface area contributed by atoms with E-state index in [4.69, 9.17) is 0 Å². The van der Waals surface area contributed by atoms with Gasteiger partial charge in [0, 0.05) is 19.1 Å². The van der Waals surface area contributed by atoms with Gasteiger partial charge in [-0.05, 0) is 32.6 Å². The van der Waals surface area contributed by atoms with Gasteiger partial charge in [0.1, 0.15) is 0 Å². The first-order valence-electron chi connectivity index (χ1n) is 6.32. The lowest BCUT2D eigenvalue weighted by Gasteiger charge is -2.23. The van der Waals surface area contributed by atoms with Gasteiger partial charge in [-0.25, -0.2) is 0 Å². The zero-order chi connectivity index (χ0) is 10.7. The Morgan fingerprint density at radius 3 is 2.40 bits per heavy atom. The minimum atomic E-state index is 0.0196. The fourth-order valence-electron chi connectivity index (χ4n) is 2.73. The normalized spacial score (nSPS) is 24.7. The third-order valence-electron chi connectivity index (χ3n) is 3.63. The molecule has 0 spiro atoms. The van der Waals surface area contributed by atoms with Crippen LogP contribution < -0.4 is 5.32 Å². The Kier molecular flexibility index (Phi) is 3.62. The summed E-state index contributed by atoms with van der Waals surface area (Å²) >= 11 is 0. The van der Waals surface area contributed by atoms with Gasteiger partial charge >= 0.3 is 0 Å². The second-order valence-corrected chi connectivity index (χ2v) is 4.90. The van der Waals surface area contributed by atoms with Crippen molar-refractivity contribution in [2.75, 3.05) is 13.1 Å². The summed E-state index contributed by atoms with van der Waals surface area (Å²) in [6.07, 6.45) is 7.50. The molecule has 3 heteroatoms. The first-order valence-corrected chi connectivity index (χ1v) is 6.32. The molecule has 1 saturated carbocycles. The summed E-state index contributed by atoms with van der Waals surface area (Å²) in [4.78, 5) is 14.0. The average molecular weight is 210 g/mol. The van der Waals surface area contributed by atoms with Gasteiger partial charge in [0.05, 0.1) is 6.04 Å². The summed E-state index contributed by atoms with van der Waals surface area (Å²) in [6.45, 7) is 3.95. The van der Waals surface area contributed by atoms with Gasteiger partial charge in [-0.1, -0.05) is 12.8 Å². The molecule has 1 heterocycles. The molecule has 0 radical (unpaired) electrons. The van der Waals surface area contributed by atoms with Crippen molar-refractivity contribution in [3.05, 3.63) is 0 Å². The zero-order valence-electron chi connectivity index (χ0n) is 9.67. The van der Waals surface area contributed by atoms with Crippen molar-refractivity contribution in [1.82, 2.24) is 10.2 Å². The minimum absolute atomic E-state index is 0.0196. The largest absolute Gasteiger partial charge is 0.341 e. The maximum absolute atomic E-state index is 12.0. The summed E-state index contributed by atoms with van der Waals surface area (Å²) in [5.41, 5.74) is 0. The first kappa shape index (κ1) is 10.9. The molecule has 1 aliphatic heterocycles. The van der Waals surface area contributed by atoms with Gasteiger partial charge in [-0.15, -0.1) is 0 Å². The molecule has 2 aliphatic rings. The molecule has 86 valence electrons. The highest BCUT2D eigenvalue weighted by Crippen LogP contribution is 2.18. The van der Waals surface area contributed by atoms with Crippen molar-refractivity contribution >= 4 is 5.91 Å². The molecule has 0 aromatic carbocycles. The summed E-state index contributed by atoms with van der Waals surface area (Å²) in [5.74, 6) is 0.305. The Morgan fingerprint density at radius 1 is 1.20 bits per heavy atom. The van der Waals surface area contributed by atoms with Crippen LogP contribution in [0.4, 0.5) is 0 Å². The van der Waals surface area contributed by atoms with Crippen LogP contribution in [0.15, 0.2) is 0 Å². The van der Waals surface area contributed by atoms with Crippen LogP contribution in [0.25, 0.3) is 0 Å². The predicted molar refractivity (Wildman–Crippen MR) is 60.7 cm³/mol. The lowest BCUT2D eigenvalue weighted by Crippen LogP contribution is -2.46. The van der Waals surface area contributed by atoms with E-state index in [1.54, 1.807) is 0 Å². The van der Waals surface area contributed by atoms with Crippen LogP contribution in [0.5, 0.6) is 0 Å². The van der Waals surface area contributed by atoms with Gasteiger partial charge in [0.2, 0.25) is 5.91 Å². The quantitative estimate of drug-likeness (QED) is 0.766. The van der Waals surface area contributed by atoms with Gasteiger partial charge in [0.15, 0.2) is 0 Å². The second-order valence-electron chi connectivity index (χ2n) is 4.90. The van der Waals surface area contributed by atoms with Gasteiger partial charge in [-0.3, -0.25) is 4.79 Å². The summed E-state index contributed by atoms with van der Waals surface area (Å²) < 4.78 is 0. The zero-order valence-corrected chi connectivity index (χ0v) is 9.67. The van der Waals surface area contributed by atoms with Crippen LogP contribution in [0, 0.1) is 0 Å². The number of carbonyl (C=O) groups is 1. The smallest absolute Gasteiger partial charge is 0.239 e. The Hall–Kier alpha value is -0.570. The molecule has 1 amide bonds. The number of hydrogen-bond donors (Lipinski definition) is 1. The molecule has 1 saturated heterocycles. The molecule has 2 rings (SSSR count). The van der Waals surface area contributed by atoms with E-state index in [1.807, 2.05) is 11.8 Å². The third kappa shape index (κ3) is 2.71. The van der Waals surface area contributed by atoms with Crippen molar-refractivity contribution in [2.24, 2.45) is 0 Å². The number of likely N-dealkylation sites (tertiary alicyclic amines) is 1. The van der Waals surface area contributed by atoms with Crippen LogP contribution in [-0.4, -0.2) is 36.0 Å². The molecule has 3 nitrogen and oxygen atoms in total. The Morgan fingerprint density at radius 2 is 1.80 bits per heavy atom. The van der Waals surface area contributed by atoms with Gasteiger partial charge < -0.3 is 10.2 Å². The van der Waals surface area contributed by atoms with Crippen LogP contribution >= 0.6 is 0 Å². The highest BCUT2D eigenvalue weighted by Gasteiger charge is 2.25. The maximum Gasteiger partial charge on any atom is 0.239 e. The number of carbonyl (C=O) groups excluding carboxylic acids is 1. The van der Waals surface area contributed by atoms with Crippen molar-refractivity contribution < 1.29 is 4.79 Å². The van der Waals surface area contributed by atoms with E-state index in [9.17, 15) is 4.79 Å². The van der Waals surface area contributed by atoms with Crippen LogP contribution in [0.1, 0.15) is 45.4 Å². The lowest BCUT2D eigenvalue weighted by atomic mass is 10.2. The number of hydrogen-bond acceptors (Lipinski definition) is 2. The Labute approximate surface area is 92.2 Å². The molecule has 0 aromatic rings. The standard InChI is InChI=1S/C12H22N2O/c1-10(13-11-6-2-3-7-11)12(15)14-8-4-5-9-14/h10-11,13H,2-9H2,1H3. The third-order valence-corrected chi connectivity index (χ3v) is 3.63. The summed E-state index contributed by atoms with van der Waals surface area (Å²) in [6, 6.07) is 0.609. The number of rotatable bonds is 3. The summed E-state index contributed by atoms with van der Waals surface area (Å²) in [5, 5.41) is 3.46. The van der Waals surface area contributed by atoms with E-state index in [0.29, 0.717) is 11.9 Å². The lowest BCUT2D eigenvalue weighted by molar-refractivity contribution is -0.132. The van der Waals surface area contributed by atoms with Crippen molar-refractivity contribution in [2.45, 2.75) is 57.5 Å². The first-order chi connectivity index (χ1) is 7.27. The van der Waals surface area contributed by atoms with Crippen molar-refractivity contribution in [3.8, 4) is 0 Å². The molecular weight excluding hydrogens is 188 g/mol. The monoisotopic (exact) mass is 210 g/mol. The molecule has 2 fully saturated rings. The van der Waals surface area contributed by atoms with Gasteiger partial charge in [0.25, 0.3) is 0 Å². The molecular formula is C12H22N2O. The molecule has 15 heavy (non-hydrogen) atoms. The fraction of sp³-hybridized carbons (Fsp3) is 0.917. The van der Waals surface area contributed by atoms with E-state index in [2.05, 4.69) is 5.32 Å².